The van der Waals surface area contributed by atoms with Gasteiger partial charge in [-0.05, 0) is 42.3 Å². The number of hydrogen-bond acceptors (Lipinski definition) is 7. The van der Waals surface area contributed by atoms with E-state index in [0.717, 1.165) is 11.3 Å². The third-order valence-corrected chi connectivity index (χ3v) is 7.07. The number of rotatable bonds is 6. The number of para-hydroxylation sites is 1. The van der Waals surface area contributed by atoms with Crippen molar-refractivity contribution in [2.24, 2.45) is 0 Å². The van der Waals surface area contributed by atoms with Crippen molar-refractivity contribution in [3.05, 3.63) is 29.8 Å². The first-order valence-corrected chi connectivity index (χ1v) is 11.2. The van der Waals surface area contributed by atoms with Crippen molar-refractivity contribution in [2.45, 2.75) is 31.5 Å². The molecule has 3 rings (SSSR count). The monoisotopic (exact) mass is 395 g/mol. The molecule has 140 valence electrons. The van der Waals surface area contributed by atoms with Crippen LogP contribution in [0.1, 0.15) is 18.9 Å². The Morgan fingerprint density at radius 1 is 1.38 bits per heavy atom. The topological polar surface area (TPSA) is 98.1 Å². The summed E-state index contributed by atoms with van der Waals surface area (Å²) in [6, 6.07) is 7.50. The van der Waals surface area contributed by atoms with Gasteiger partial charge in [-0.2, -0.15) is 4.68 Å². The SMILES string of the molecule is CCN(C(=O)CSc1nnnn1-c1ccccc1C)[C@H]1CCS(=O)(=O)C1. The average Bonchev–Trinajstić information content (AvgIpc) is 3.20. The number of nitrogens with zero attached hydrogens (tertiary/aromatic N) is 5. The number of thioether (sulfide) groups is 1. The van der Waals surface area contributed by atoms with Gasteiger partial charge in [0.25, 0.3) is 0 Å². The minimum atomic E-state index is -3.03. The summed E-state index contributed by atoms with van der Waals surface area (Å²) in [7, 11) is -3.03. The molecule has 1 amide bonds. The lowest BCUT2D eigenvalue weighted by molar-refractivity contribution is -0.129. The van der Waals surface area contributed by atoms with Crippen molar-refractivity contribution in [1.29, 1.82) is 0 Å². The molecule has 1 aromatic heterocycles. The molecule has 2 aromatic rings. The highest BCUT2D eigenvalue weighted by Gasteiger charge is 2.33. The van der Waals surface area contributed by atoms with Crippen LogP contribution in [0.2, 0.25) is 0 Å². The Kier molecular flexibility index (Phi) is 5.61. The highest BCUT2D eigenvalue weighted by molar-refractivity contribution is 7.99. The van der Waals surface area contributed by atoms with Gasteiger partial charge in [-0.1, -0.05) is 30.0 Å². The number of benzene rings is 1. The molecule has 1 aromatic carbocycles. The zero-order chi connectivity index (χ0) is 18.7. The third kappa shape index (κ3) is 4.07. The molecule has 0 spiro atoms. The van der Waals surface area contributed by atoms with Gasteiger partial charge in [0, 0.05) is 12.6 Å². The lowest BCUT2D eigenvalue weighted by atomic mass is 10.2. The van der Waals surface area contributed by atoms with Crippen LogP contribution in [0.3, 0.4) is 0 Å². The predicted octanol–water partition coefficient (Wildman–Crippen LogP) is 1.10. The number of sulfone groups is 1. The molecule has 26 heavy (non-hydrogen) atoms. The number of carbonyl (C=O) groups is 1. The highest BCUT2D eigenvalue weighted by atomic mass is 32.2. The van der Waals surface area contributed by atoms with Crippen LogP contribution in [-0.2, 0) is 14.6 Å². The zero-order valence-corrected chi connectivity index (χ0v) is 16.3. The molecule has 1 aliphatic rings. The van der Waals surface area contributed by atoms with Gasteiger partial charge >= 0.3 is 0 Å². The number of hydrogen-bond donors (Lipinski definition) is 0. The summed E-state index contributed by atoms with van der Waals surface area (Å²) >= 11 is 1.25. The molecular weight excluding hydrogens is 374 g/mol. The number of carbonyl (C=O) groups excluding carboxylic acids is 1. The highest BCUT2D eigenvalue weighted by Crippen LogP contribution is 2.23. The Morgan fingerprint density at radius 3 is 2.81 bits per heavy atom. The maximum atomic E-state index is 12.6. The van der Waals surface area contributed by atoms with E-state index in [9.17, 15) is 13.2 Å². The molecule has 1 saturated heterocycles. The molecular formula is C16H21N5O3S2. The van der Waals surface area contributed by atoms with Gasteiger partial charge in [-0.15, -0.1) is 5.10 Å². The molecule has 1 fully saturated rings. The maximum Gasteiger partial charge on any atom is 0.233 e. The summed E-state index contributed by atoms with van der Waals surface area (Å²) in [6.07, 6.45) is 0.507. The number of tetrazole rings is 1. The molecule has 0 N–H and O–H groups in total. The molecule has 1 aliphatic heterocycles. The molecule has 0 radical (unpaired) electrons. The standard InChI is InChI=1S/C16H21N5O3S2/c1-3-20(13-8-9-26(23,24)11-13)15(22)10-25-16-17-18-19-21(16)14-7-5-4-6-12(14)2/h4-7,13H,3,8-11H2,1-2H3/t13-/m0/s1. The Bertz CT molecular complexity index is 897. The van der Waals surface area contributed by atoms with E-state index in [1.807, 2.05) is 38.1 Å². The molecule has 10 heteroatoms. The second kappa shape index (κ2) is 7.75. The fourth-order valence-corrected chi connectivity index (χ4v) is 5.59. The van der Waals surface area contributed by atoms with Crippen molar-refractivity contribution in [3.8, 4) is 5.69 Å². The van der Waals surface area contributed by atoms with Gasteiger partial charge < -0.3 is 4.90 Å². The van der Waals surface area contributed by atoms with Gasteiger partial charge in [0.15, 0.2) is 9.84 Å². The summed E-state index contributed by atoms with van der Waals surface area (Å²) in [4.78, 5) is 14.3. The Hall–Kier alpha value is -1.94. The molecule has 8 nitrogen and oxygen atoms in total. The van der Waals surface area contributed by atoms with Crippen molar-refractivity contribution < 1.29 is 13.2 Å². The molecule has 1 atom stereocenters. The molecule has 0 aliphatic carbocycles. The second-order valence-corrected chi connectivity index (χ2v) is 9.36. The van der Waals surface area contributed by atoms with Crippen LogP contribution in [0.15, 0.2) is 29.4 Å². The second-order valence-electron chi connectivity index (χ2n) is 6.19. The van der Waals surface area contributed by atoms with Crippen molar-refractivity contribution in [3.63, 3.8) is 0 Å². The van der Waals surface area contributed by atoms with Crippen molar-refractivity contribution in [1.82, 2.24) is 25.1 Å². The van der Waals surface area contributed by atoms with Crippen LogP contribution in [0, 0.1) is 6.92 Å². The van der Waals surface area contributed by atoms with E-state index < -0.39 is 9.84 Å². The number of amides is 1. The lowest BCUT2D eigenvalue weighted by Crippen LogP contribution is -2.42. The summed E-state index contributed by atoms with van der Waals surface area (Å²) in [5.74, 6) is 0.272. The molecule has 0 saturated carbocycles. The summed E-state index contributed by atoms with van der Waals surface area (Å²) in [5, 5.41) is 12.3. The van der Waals surface area contributed by atoms with Gasteiger partial charge in [-0.25, -0.2) is 8.42 Å². The van der Waals surface area contributed by atoms with Crippen LogP contribution < -0.4 is 0 Å². The van der Waals surface area contributed by atoms with Crippen LogP contribution >= 0.6 is 11.8 Å². The first kappa shape index (κ1) is 18.8. The van der Waals surface area contributed by atoms with Gasteiger partial charge in [-0.3, -0.25) is 4.79 Å². The minimum Gasteiger partial charge on any atom is -0.338 e. The van der Waals surface area contributed by atoms with Gasteiger partial charge in [0.2, 0.25) is 11.1 Å². The van der Waals surface area contributed by atoms with E-state index in [0.29, 0.717) is 18.1 Å². The summed E-state index contributed by atoms with van der Waals surface area (Å²) in [5.41, 5.74) is 1.89. The predicted molar refractivity (Wildman–Crippen MR) is 99.1 cm³/mol. The average molecular weight is 396 g/mol. The Morgan fingerprint density at radius 2 is 2.15 bits per heavy atom. The summed E-state index contributed by atoms with van der Waals surface area (Å²) < 4.78 is 25.0. The van der Waals surface area contributed by atoms with E-state index in [-0.39, 0.29) is 29.2 Å². The van der Waals surface area contributed by atoms with E-state index in [1.54, 1.807) is 9.58 Å². The Balaban J connectivity index is 1.69. The minimum absolute atomic E-state index is 0.0538. The van der Waals surface area contributed by atoms with E-state index >= 15 is 0 Å². The number of aryl methyl sites for hydroxylation is 1. The van der Waals surface area contributed by atoms with Crippen LogP contribution in [0.25, 0.3) is 5.69 Å². The summed E-state index contributed by atoms with van der Waals surface area (Å²) in [6.45, 7) is 4.32. The van der Waals surface area contributed by atoms with Crippen LogP contribution in [0.5, 0.6) is 0 Å². The zero-order valence-electron chi connectivity index (χ0n) is 14.7. The van der Waals surface area contributed by atoms with Crippen molar-refractivity contribution in [2.75, 3.05) is 23.8 Å². The fourth-order valence-electron chi connectivity index (χ4n) is 3.09. The van der Waals surface area contributed by atoms with Crippen molar-refractivity contribution >= 4 is 27.5 Å². The quantitative estimate of drug-likeness (QED) is 0.676. The molecule has 0 bridgehead atoms. The molecule has 0 unspecified atom stereocenters. The fraction of sp³-hybridized carbons (Fsp3) is 0.500. The first-order valence-electron chi connectivity index (χ1n) is 8.38. The smallest absolute Gasteiger partial charge is 0.233 e. The molecule has 2 heterocycles. The Labute approximate surface area is 156 Å². The van der Waals surface area contributed by atoms with E-state index in [2.05, 4.69) is 15.5 Å². The number of aromatic nitrogens is 4. The van der Waals surface area contributed by atoms with Gasteiger partial charge in [0.1, 0.15) is 0 Å². The maximum absolute atomic E-state index is 12.6. The van der Waals surface area contributed by atoms with Gasteiger partial charge in [0.05, 0.1) is 22.9 Å². The van der Waals surface area contributed by atoms with E-state index in [1.165, 1.54) is 11.8 Å². The van der Waals surface area contributed by atoms with Crippen LogP contribution in [-0.4, -0.2) is 69.3 Å². The lowest BCUT2D eigenvalue weighted by Gasteiger charge is -2.26. The normalized spacial score (nSPS) is 18.8. The largest absolute Gasteiger partial charge is 0.338 e. The van der Waals surface area contributed by atoms with Crippen LogP contribution in [0.4, 0.5) is 0 Å². The van der Waals surface area contributed by atoms with E-state index in [4.69, 9.17) is 0 Å². The first-order chi connectivity index (χ1) is 12.4. The third-order valence-electron chi connectivity index (χ3n) is 4.42.